The molecule has 0 fully saturated rings. The van der Waals surface area contributed by atoms with E-state index in [0.29, 0.717) is 26.1 Å². The predicted octanol–water partition coefficient (Wildman–Crippen LogP) is 4.32. The number of fused-ring (bicyclic) bond motifs is 1. The minimum absolute atomic E-state index is 0.190. The van der Waals surface area contributed by atoms with Gasteiger partial charge in [0.05, 0.1) is 25.0 Å². The number of carbonyl (C=O) groups is 2. The second-order valence-corrected chi connectivity index (χ2v) is 6.68. The highest BCUT2D eigenvalue weighted by molar-refractivity contribution is 5.84. The zero-order valence-corrected chi connectivity index (χ0v) is 16.1. The van der Waals surface area contributed by atoms with Gasteiger partial charge in [-0.1, -0.05) is 50.2 Å². The van der Waals surface area contributed by atoms with Gasteiger partial charge in [-0.25, -0.2) is 0 Å². The van der Waals surface area contributed by atoms with Crippen molar-refractivity contribution in [3.05, 3.63) is 47.5 Å². The summed E-state index contributed by atoms with van der Waals surface area (Å²) in [5, 5.41) is 2.26. The topological polar surface area (TPSA) is 52.6 Å². The van der Waals surface area contributed by atoms with E-state index in [0.717, 1.165) is 21.9 Å². The molecule has 0 aliphatic carbocycles. The van der Waals surface area contributed by atoms with Gasteiger partial charge < -0.3 is 9.47 Å². The van der Waals surface area contributed by atoms with Gasteiger partial charge in [0, 0.05) is 0 Å². The van der Waals surface area contributed by atoms with E-state index >= 15 is 0 Å². The maximum Gasteiger partial charge on any atom is 0.308 e. The number of benzene rings is 2. The smallest absolute Gasteiger partial charge is 0.308 e. The summed E-state index contributed by atoms with van der Waals surface area (Å²) in [4.78, 5) is 24.1. The van der Waals surface area contributed by atoms with Crippen molar-refractivity contribution >= 4 is 22.7 Å². The molecule has 0 saturated carbocycles. The van der Waals surface area contributed by atoms with Crippen molar-refractivity contribution in [3.63, 3.8) is 0 Å². The van der Waals surface area contributed by atoms with Crippen LogP contribution in [-0.4, -0.2) is 25.2 Å². The first-order valence-electron chi connectivity index (χ1n) is 9.30. The Morgan fingerprint density at radius 2 is 1.19 bits per heavy atom. The Kier molecular flexibility index (Phi) is 7.19. The highest BCUT2D eigenvalue weighted by atomic mass is 16.5. The van der Waals surface area contributed by atoms with Crippen molar-refractivity contribution in [3.8, 4) is 0 Å². The van der Waals surface area contributed by atoms with Crippen molar-refractivity contribution in [2.45, 2.75) is 40.5 Å². The molecule has 0 aliphatic rings. The highest BCUT2D eigenvalue weighted by Crippen LogP contribution is 2.25. The average molecular weight is 356 g/mol. The van der Waals surface area contributed by atoms with Crippen LogP contribution in [-0.2, 0) is 31.9 Å². The fraction of sp³-hybridized carbons (Fsp3) is 0.455. The van der Waals surface area contributed by atoms with Crippen LogP contribution in [0.25, 0.3) is 10.8 Å². The van der Waals surface area contributed by atoms with Crippen LogP contribution in [0.3, 0.4) is 0 Å². The van der Waals surface area contributed by atoms with Crippen molar-refractivity contribution in [1.82, 2.24) is 0 Å². The van der Waals surface area contributed by atoms with Gasteiger partial charge >= 0.3 is 11.9 Å². The lowest BCUT2D eigenvalue weighted by Gasteiger charge is -2.17. The number of hydrogen-bond donors (Lipinski definition) is 0. The monoisotopic (exact) mass is 356 g/mol. The third kappa shape index (κ3) is 5.07. The molecular weight excluding hydrogens is 328 g/mol. The van der Waals surface area contributed by atoms with Crippen molar-refractivity contribution in [2.75, 3.05) is 13.2 Å². The fourth-order valence-electron chi connectivity index (χ4n) is 3.11. The largest absolute Gasteiger partial charge is 0.466 e. The molecule has 4 heteroatoms. The van der Waals surface area contributed by atoms with Gasteiger partial charge in [0.25, 0.3) is 0 Å². The van der Waals surface area contributed by atoms with Crippen LogP contribution < -0.4 is 0 Å². The molecule has 0 N–H and O–H groups in total. The maximum absolute atomic E-state index is 12.0. The maximum atomic E-state index is 12.0. The number of ether oxygens (including phenoxy) is 2. The summed E-state index contributed by atoms with van der Waals surface area (Å²) >= 11 is 0. The first kappa shape index (κ1) is 20.0. The summed E-state index contributed by atoms with van der Waals surface area (Å²) in [5.41, 5.74) is 2.17. The van der Waals surface area contributed by atoms with E-state index < -0.39 is 0 Å². The molecule has 0 saturated heterocycles. The van der Waals surface area contributed by atoms with Gasteiger partial charge in [-0.3, -0.25) is 9.59 Å². The molecule has 2 unspecified atom stereocenters. The number of carbonyl (C=O) groups excluding carboxylic acids is 2. The highest BCUT2D eigenvalue weighted by Gasteiger charge is 2.20. The molecule has 0 amide bonds. The fourth-order valence-corrected chi connectivity index (χ4v) is 3.11. The van der Waals surface area contributed by atoms with Crippen molar-refractivity contribution < 1.29 is 19.1 Å². The SMILES string of the molecule is CCOC(=O)C(C)Cc1cc2ccccc2cc1CC(C)C(=O)OCC. The van der Waals surface area contributed by atoms with Crippen LogP contribution >= 0.6 is 0 Å². The molecule has 2 rings (SSSR count). The Morgan fingerprint density at radius 3 is 1.54 bits per heavy atom. The van der Waals surface area contributed by atoms with E-state index in [4.69, 9.17) is 9.47 Å². The summed E-state index contributed by atoms with van der Waals surface area (Å²) in [6.45, 7) is 8.15. The third-order valence-corrected chi connectivity index (χ3v) is 4.50. The van der Waals surface area contributed by atoms with Crippen LogP contribution in [0.4, 0.5) is 0 Å². The second kappa shape index (κ2) is 9.37. The van der Waals surface area contributed by atoms with Gasteiger partial charge in [0.2, 0.25) is 0 Å². The van der Waals surface area contributed by atoms with Crippen LogP contribution in [0.15, 0.2) is 36.4 Å². The van der Waals surface area contributed by atoms with E-state index in [1.165, 1.54) is 0 Å². The lowest BCUT2D eigenvalue weighted by Crippen LogP contribution is -2.20. The molecule has 2 aromatic carbocycles. The summed E-state index contributed by atoms with van der Waals surface area (Å²) in [6.07, 6.45) is 1.18. The Labute approximate surface area is 155 Å². The van der Waals surface area contributed by atoms with Gasteiger partial charge in [0.1, 0.15) is 0 Å². The summed E-state index contributed by atoms with van der Waals surface area (Å²) in [5.74, 6) is -0.837. The standard InChI is InChI=1S/C22H28O4/c1-5-25-21(23)15(3)11-19-13-17-9-7-8-10-18(17)14-20(19)12-16(4)22(24)26-6-2/h7-10,13-16H,5-6,11-12H2,1-4H3. The van der Waals surface area contributed by atoms with Crippen LogP contribution in [0.2, 0.25) is 0 Å². The molecule has 0 aliphatic heterocycles. The predicted molar refractivity (Wildman–Crippen MR) is 103 cm³/mol. The van der Waals surface area contributed by atoms with Gasteiger partial charge in [-0.2, -0.15) is 0 Å². The minimum Gasteiger partial charge on any atom is -0.466 e. The average Bonchev–Trinajstić information content (AvgIpc) is 2.62. The molecule has 0 bridgehead atoms. The number of rotatable bonds is 8. The summed E-state index contributed by atoms with van der Waals surface area (Å²) < 4.78 is 10.3. The Balaban J connectivity index is 2.32. The molecule has 0 radical (unpaired) electrons. The van der Waals surface area contributed by atoms with Crippen LogP contribution in [0, 0.1) is 11.8 Å². The van der Waals surface area contributed by atoms with Crippen molar-refractivity contribution in [2.24, 2.45) is 11.8 Å². The molecule has 26 heavy (non-hydrogen) atoms. The Bertz CT molecular complexity index is 701. The molecular formula is C22H28O4. The zero-order valence-electron chi connectivity index (χ0n) is 16.1. The van der Waals surface area contributed by atoms with Crippen LogP contribution in [0.1, 0.15) is 38.8 Å². The lowest BCUT2D eigenvalue weighted by atomic mass is 9.89. The molecule has 0 spiro atoms. The van der Waals surface area contributed by atoms with Crippen LogP contribution in [0.5, 0.6) is 0 Å². The van der Waals surface area contributed by atoms with E-state index in [9.17, 15) is 9.59 Å². The summed E-state index contributed by atoms with van der Waals surface area (Å²) in [7, 11) is 0. The Hall–Kier alpha value is -2.36. The molecule has 0 aromatic heterocycles. The summed E-state index contributed by atoms with van der Waals surface area (Å²) in [6, 6.07) is 12.4. The first-order valence-corrected chi connectivity index (χ1v) is 9.30. The zero-order chi connectivity index (χ0) is 19.1. The first-order chi connectivity index (χ1) is 12.5. The molecule has 140 valence electrons. The van der Waals surface area contributed by atoms with Gasteiger partial charge in [-0.15, -0.1) is 0 Å². The molecule has 2 atom stereocenters. The van der Waals surface area contributed by atoms with Crippen molar-refractivity contribution in [1.29, 1.82) is 0 Å². The number of hydrogen-bond acceptors (Lipinski definition) is 4. The van der Waals surface area contributed by atoms with Gasteiger partial charge in [-0.05, 0) is 48.6 Å². The quantitative estimate of drug-likeness (QED) is 0.661. The minimum atomic E-state index is -0.229. The van der Waals surface area contributed by atoms with E-state index in [1.807, 2.05) is 39.8 Å². The molecule has 2 aromatic rings. The van der Waals surface area contributed by atoms with Gasteiger partial charge in [0.15, 0.2) is 0 Å². The van der Waals surface area contributed by atoms with E-state index in [-0.39, 0.29) is 23.8 Å². The molecule has 4 nitrogen and oxygen atoms in total. The lowest BCUT2D eigenvalue weighted by molar-refractivity contribution is -0.148. The molecule has 0 heterocycles. The Morgan fingerprint density at radius 1 is 0.808 bits per heavy atom. The normalized spacial score (nSPS) is 13.2. The van der Waals surface area contributed by atoms with E-state index in [2.05, 4.69) is 24.3 Å². The van der Waals surface area contributed by atoms with E-state index in [1.54, 1.807) is 0 Å². The second-order valence-electron chi connectivity index (χ2n) is 6.68. The third-order valence-electron chi connectivity index (χ3n) is 4.50. The number of esters is 2.